The van der Waals surface area contributed by atoms with Crippen LogP contribution in [0.4, 0.5) is 0 Å². The van der Waals surface area contributed by atoms with Crippen molar-refractivity contribution in [1.82, 2.24) is 9.03 Å². The van der Waals surface area contributed by atoms with E-state index in [9.17, 15) is 8.42 Å². The first-order valence-electron chi connectivity index (χ1n) is 7.38. The second kappa shape index (κ2) is 7.58. The molecule has 21 heavy (non-hydrogen) atoms. The third-order valence-electron chi connectivity index (χ3n) is 3.79. The number of hydrogen-bond donors (Lipinski definition) is 1. The minimum Gasteiger partial charge on any atom is -0.198 e. The van der Waals surface area contributed by atoms with Gasteiger partial charge in [0.05, 0.1) is 0 Å². The van der Waals surface area contributed by atoms with Gasteiger partial charge in [0.15, 0.2) is 0 Å². The predicted octanol–water partition coefficient (Wildman–Crippen LogP) is 2.40. The molecule has 0 spiro atoms. The topological polar surface area (TPSA) is 49.4 Å². The summed E-state index contributed by atoms with van der Waals surface area (Å²) in [5.74, 6) is 0.677. The molecular formula is C15H23ClN2O2S. The SMILES string of the molecule is CC1CCCN(S(=O)(=O)NC(CCl)Cc2ccccc2)C1. The van der Waals surface area contributed by atoms with E-state index >= 15 is 0 Å². The van der Waals surface area contributed by atoms with Crippen LogP contribution in [0.25, 0.3) is 0 Å². The van der Waals surface area contributed by atoms with Gasteiger partial charge < -0.3 is 0 Å². The van der Waals surface area contributed by atoms with Crippen LogP contribution in [0, 0.1) is 5.92 Å². The molecule has 0 aliphatic carbocycles. The molecule has 0 saturated carbocycles. The predicted molar refractivity (Wildman–Crippen MR) is 86.7 cm³/mol. The fraction of sp³-hybridized carbons (Fsp3) is 0.600. The number of nitrogens with one attached hydrogen (secondary N) is 1. The summed E-state index contributed by atoms with van der Waals surface area (Å²) in [6, 6.07) is 9.52. The lowest BCUT2D eigenvalue weighted by molar-refractivity contribution is 0.277. The molecule has 1 N–H and O–H groups in total. The van der Waals surface area contributed by atoms with Crippen molar-refractivity contribution in [3.8, 4) is 0 Å². The van der Waals surface area contributed by atoms with Gasteiger partial charge in [-0.3, -0.25) is 0 Å². The standard InChI is InChI=1S/C15H23ClN2O2S/c1-13-6-5-9-18(12-13)21(19,20)17-15(11-16)10-14-7-3-2-4-8-14/h2-4,7-8,13,15,17H,5-6,9-12H2,1H3. The summed E-state index contributed by atoms with van der Waals surface area (Å²) in [7, 11) is -3.45. The highest BCUT2D eigenvalue weighted by Crippen LogP contribution is 2.18. The van der Waals surface area contributed by atoms with Crippen molar-refractivity contribution in [2.45, 2.75) is 32.2 Å². The summed E-state index contributed by atoms with van der Waals surface area (Å²) < 4.78 is 29.2. The van der Waals surface area contributed by atoms with Crippen molar-refractivity contribution in [2.24, 2.45) is 5.92 Å². The quantitative estimate of drug-likeness (QED) is 0.814. The molecule has 1 aromatic rings. The van der Waals surface area contributed by atoms with E-state index in [1.54, 1.807) is 4.31 Å². The lowest BCUT2D eigenvalue weighted by Gasteiger charge is -2.31. The third kappa shape index (κ3) is 4.95. The molecule has 0 radical (unpaired) electrons. The van der Waals surface area contributed by atoms with Crippen molar-refractivity contribution in [3.05, 3.63) is 35.9 Å². The molecule has 2 atom stereocenters. The van der Waals surface area contributed by atoms with Gasteiger partial charge in [-0.1, -0.05) is 37.3 Å². The zero-order chi connectivity index (χ0) is 15.3. The lowest BCUT2D eigenvalue weighted by atomic mass is 10.0. The van der Waals surface area contributed by atoms with E-state index in [-0.39, 0.29) is 11.9 Å². The fourth-order valence-electron chi connectivity index (χ4n) is 2.68. The van der Waals surface area contributed by atoms with E-state index in [0.29, 0.717) is 25.4 Å². The first-order valence-corrected chi connectivity index (χ1v) is 9.36. The smallest absolute Gasteiger partial charge is 0.198 e. The minimum atomic E-state index is -3.45. The van der Waals surface area contributed by atoms with E-state index < -0.39 is 10.2 Å². The average Bonchev–Trinajstić information content (AvgIpc) is 2.47. The molecule has 1 aromatic carbocycles. The van der Waals surface area contributed by atoms with Gasteiger partial charge in [-0.2, -0.15) is 17.4 Å². The summed E-state index contributed by atoms with van der Waals surface area (Å²) in [6.45, 7) is 3.28. The second-order valence-electron chi connectivity index (χ2n) is 5.77. The maximum atomic E-state index is 12.4. The van der Waals surface area contributed by atoms with Crippen molar-refractivity contribution >= 4 is 21.8 Å². The molecule has 0 amide bonds. The molecule has 1 heterocycles. The molecule has 6 heteroatoms. The molecule has 118 valence electrons. The average molecular weight is 331 g/mol. The molecule has 4 nitrogen and oxygen atoms in total. The Morgan fingerprint density at radius 1 is 1.38 bits per heavy atom. The van der Waals surface area contributed by atoms with Gasteiger partial charge in [0.25, 0.3) is 10.2 Å². The molecule has 0 bridgehead atoms. The van der Waals surface area contributed by atoms with E-state index in [1.165, 1.54) is 0 Å². The van der Waals surface area contributed by atoms with Crippen molar-refractivity contribution in [3.63, 3.8) is 0 Å². The van der Waals surface area contributed by atoms with Crippen molar-refractivity contribution < 1.29 is 8.42 Å². The van der Waals surface area contributed by atoms with Crippen molar-refractivity contribution in [1.29, 1.82) is 0 Å². The number of benzene rings is 1. The summed E-state index contributed by atoms with van der Waals surface area (Å²) >= 11 is 5.95. The van der Waals surface area contributed by atoms with Gasteiger partial charge in [0.2, 0.25) is 0 Å². The molecule has 2 rings (SSSR count). The third-order valence-corrected chi connectivity index (χ3v) is 5.80. The Bertz CT molecular complexity index is 536. The Morgan fingerprint density at radius 3 is 2.71 bits per heavy atom. The molecule has 1 aliphatic heterocycles. The van der Waals surface area contributed by atoms with Crippen LogP contribution in [0.5, 0.6) is 0 Å². The van der Waals surface area contributed by atoms with E-state index in [2.05, 4.69) is 11.6 Å². The van der Waals surface area contributed by atoms with Crippen molar-refractivity contribution in [2.75, 3.05) is 19.0 Å². The molecule has 1 saturated heterocycles. The number of hydrogen-bond acceptors (Lipinski definition) is 2. The first-order chi connectivity index (χ1) is 10.0. The molecule has 1 fully saturated rings. The van der Waals surface area contributed by atoms with E-state index in [4.69, 9.17) is 11.6 Å². The van der Waals surface area contributed by atoms with Gasteiger partial charge in [0, 0.05) is 25.0 Å². The van der Waals surface area contributed by atoms with Gasteiger partial charge in [-0.15, -0.1) is 11.6 Å². The van der Waals surface area contributed by atoms with Gasteiger partial charge >= 0.3 is 0 Å². The highest BCUT2D eigenvalue weighted by atomic mass is 35.5. The van der Waals surface area contributed by atoms with E-state index in [0.717, 1.165) is 18.4 Å². The summed E-state index contributed by atoms with van der Waals surface area (Å²) in [6.07, 6.45) is 2.62. The Balaban J connectivity index is 1.99. The van der Waals surface area contributed by atoms with Crippen LogP contribution in [0.15, 0.2) is 30.3 Å². The van der Waals surface area contributed by atoms with Crippen LogP contribution < -0.4 is 4.72 Å². The van der Waals surface area contributed by atoms with Gasteiger partial charge in [-0.25, -0.2) is 0 Å². The lowest BCUT2D eigenvalue weighted by Crippen LogP contribution is -2.49. The minimum absolute atomic E-state index is 0.261. The van der Waals surface area contributed by atoms with Crippen LogP contribution in [0.2, 0.25) is 0 Å². The van der Waals surface area contributed by atoms with Crippen LogP contribution in [-0.2, 0) is 16.6 Å². The largest absolute Gasteiger partial charge is 0.279 e. The Hall–Kier alpha value is -0.620. The van der Waals surface area contributed by atoms with Gasteiger partial charge in [0.1, 0.15) is 0 Å². The van der Waals surface area contributed by atoms with E-state index in [1.807, 2.05) is 30.3 Å². The maximum Gasteiger partial charge on any atom is 0.279 e. The summed E-state index contributed by atoms with van der Waals surface area (Å²) in [5.41, 5.74) is 1.08. The monoisotopic (exact) mass is 330 g/mol. The van der Waals surface area contributed by atoms with Crippen LogP contribution >= 0.6 is 11.6 Å². The second-order valence-corrected chi connectivity index (χ2v) is 7.78. The number of halogens is 1. The first kappa shape index (κ1) is 16.7. The zero-order valence-corrected chi connectivity index (χ0v) is 13.9. The van der Waals surface area contributed by atoms with Crippen LogP contribution in [0.1, 0.15) is 25.3 Å². The molecule has 1 aliphatic rings. The Labute approximate surface area is 132 Å². The highest BCUT2D eigenvalue weighted by molar-refractivity contribution is 7.87. The highest BCUT2D eigenvalue weighted by Gasteiger charge is 2.28. The molecule has 2 unspecified atom stereocenters. The maximum absolute atomic E-state index is 12.4. The fourth-order valence-corrected chi connectivity index (χ4v) is 4.51. The number of nitrogens with zero attached hydrogens (tertiary/aromatic N) is 1. The number of piperidine rings is 1. The normalized spacial score (nSPS) is 22.1. The van der Waals surface area contributed by atoms with Crippen LogP contribution in [0.3, 0.4) is 0 Å². The Kier molecular flexibility index (Phi) is 6.05. The summed E-state index contributed by atoms with van der Waals surface area (Å²) in [5, 5.41) is 0. The van der Waals surface area contributed by atoms with Crippen LogP contribution in [-0.4, -0.2) is 37.7 Å². The molecule has 0 aromatic heterocycles. The molecular weight excluding hydrogens is 308 g/mol. The van der Waals surface area contributed by atoms with Gasteiger partial charge in [-0.05, 0) is 30.7 Å². The zero-order valence-electron chi connectivity index (χ0n) is 12.3. The number of rotatable bonds is 6. The number of alkyl halides is 1. The summed E-state index contributed by atoms with van der Waals surface area (Å²) in [4.78, 5) is 0. The Morgan fingerprint density at radius 2 is 2.10 bits per heavy atom.